The van der Waals surface area contributed by atoms with Gasteiger partial charge in [0.25, 0.3) is 5.91 Å². The van der Waals surface area contributed by atoms with Crippen LogP contribution in [0.2, 0.25) is 0 Å². The van der Waals surface area contributed by atoms with Gasteiger partial charge < -0.3 is 19.3 Å². The number of carbonyl (C=O) groups excluding carboxylic acids is 1. The van der Waals surface area contributed by atoms with E-state index in [1.54, 1.807) is 19.1 Å². The van der Waals surface area contributed by atoms with E-state index in [-0.39, 0.29) is 12.6 Å². The van der Waals surface area contributed by atoms with Gasteiger partial charge in [-0.1, -0.05) is 0 Å². The molecule has 7 nitrogen and oxygen atoms in total. The number of benzene rings is 1. The van der Waals surface area contributed by atoms with Gasteiger partial charge in [0, 0.05) is 25.6 Å². The van der Waals surface area contributed by atoms with E-state index < -0.39 is 5.60 Å². The Morgan fingerprint density at radius 1 is 1.20 bits per heavy atom. The Balaban J connectivity index is 0.000000880. The van der Waals surface area contributed by atoms with Gasteiger partial charge in [0.2, 0.25) is 0 Å². The lowest BCUT2D eigenvalue weighted by molar-refractivity contribution is -0.155. The molecular weight excluding hydrogens is 324 g/mol. The van der Waals surface area contributed by atoms with Crippen LogP contribution in [0.25, 0.3) is 0 Å². The van der Waals surface area contributed by atoms with Crippen molar-refractivity contribution in [2.45, 2.75) is 18.4 Å². The van der Waals surface area contributed by atoms with Crippen LogP contribution in [-0.2, 0) is 9.53 Å². The van der Waals surface area contributed by atoms with E-state index >= 15 is 0 Å². The van der Waals surface area contributed by atoms with Gasteiger partial charge in [0.05, 0.1) is 19.9 Å². The molecule has 0 saturated carbocycles. The molecule has 1 N–H and O–H groups in total. The highest BCUT2D eigenvalue weighted by atomic mass is 16.5. The average molecular weight is 350 g/mol. The van der Waals surface area contributed by atoms with Crippen LogP contribution >= 0.6 is 0 Å². The zero-order chi connectivity index (χ0) is 18.0. The molecule has 4 heterocycles. The summed E-state index contributed by atoms with van der Waals surface area (Å²) in [6, 6.07) is 5.48. The second kappa shape index (κ2) is 7.19. The molecule has 0 aliphatic carbocycles. The number of nitrogens with zero attached hydrogens (tertiary/aromatic N) is 2. The maximum atomic E-state index is 13.2. The van der Waals surface area contributed by atoms with Crippen LogP contribution in [0.5, 0.6) is 11.5 Å². The highest BCUT2D eigenvalue weighted by molar-refractivity contribution is 6.03. The maximum absolute atomic E-state index is 13.2. The molecule has 138 valence electrons. The number of carbonyl (C=O) groups is 1. The molecule has 1 spiro atoms. The van der Waals surface area contributed by atoms with E-state index in [4.69, 9.17) is 19.3 Å². The number of rotatable bonds is 3. The number of hydrogen-bond acceptors (Lipinski definition) is 6. The standard InChI is InChI=1S/C17H22N2O4.CH4O/c1-21-13-3-4-15(22-2)14(9-13)19-11-23-17(16(19)20)10-18-7-5-12(17)6-8-18;1-2/h3-4,9,12H,5-8,10-11H2,1-2H3;2H,1H3. The minimum Gasteiger partial charge on any atom is -0.497 e. The van der Waals surface area contributed by atoms with Crippen LogP contribution in [0, 0.1) is 5.92 Å². The molecule has 1 aromatic carbocycles. The molecule has 4 aliphatic rings. The van der Waals surface area contributed by atoms with E-state index in [0.29, 0.717) is 29.6 Å². The number of piperidine rings is 3. The van der Waals surface area contributed by atoms with Crippen molar-refractivity contribution < 1.29 is 24.1 Å². The summed E-state index contributed by atoms with van der Waals surface area (Å²) in [5.74, 6) is 1.73. The third-order valence-corrected chi connectivity index (χ3v) is 5.44. The maximum Gasteiger partial charge on any atom is 0.262 e. The molecule has 7 heteroatoms. The fourth-order valence-corrected chi connectivity index (χ4v) is 4.14. The Labute approximate surface area is 148 Å². The lowest BCUT2D eigenvalue weighted by Crippen LogP contribution is -2.63. The van der Waals surface area contributed by atoms with Gasteiger partial charge in [-0.2, -0.15) is 0 Å². The van der Waals surface area contributed by atoms with E-state index in [1.165, 1.54) is 0 Å². The van der Waals surface area contributed by atoms with Crippen LogP contribution in [0.3, 0.4) is 0 Å². The zero-order valence-electron chi connectivity index (χ0n) is 15.0. The quantitative estimate of drug-likeness (QED) is 0.880. The molecule has 25 heavy (non-hydrogen) atoms. The number of aliphatic hydroxyl groups excluding tert-OH is 1. The highest BCUT2D eigenvalue weighted by Gasteiger charge is 2.58. The van der Waals surface area contributed by atoms with Gasteiger partial charge in [0.15, 0.2) is 5.60 Å². The van der Waals surface area contributed by atoms with Crippen molar-refractivity contribution in [1.29, 1.82) is 0 Å². The molecule has 1 amide bonds. The molecule has 4 aliphatic heterocycles. The summed E-state index contributed by atoms with van der Waals surface area (Å²) in [5.41, 5.74) is 0.0371. The monoisotopic (exact) mass is 350 g/mol. The van der Waals surface area contributed by atoms with Gasteiger partial charge >= 0.3 is 0 Å². The molecule has 1 unspecified atom stereocenters. The van der Waals surface area contributed by atoms with Crippen molar-refractivity contribution in [2.75, 3.05) is 52.6 Å². The SMILES string of the molecule is CO.COc1ccc(OC)c(N2COC3(CN4CCC3CC4)C2=O)c1. The van der Waals surface area contributed by atoms with E-state index in [0.717, 1.165) is 33.0 Å². The lowest BCUT2D eigenvalue weighted by atomic mass is 9.75. The molecule has 4 saturated heterocycles. The van der Waals surface area contributed by atoms with Crippen molar-refractivity contribution in [3.8, 4) is 11.5 Å². The summed E-state index contributed by atoms with van der Waals surface area (Å²) in [4.78, 5) is 17.3. The molecule has 2 bridgehead atoms. The second-order valence-corrected chi connectivity index (χ2v) is 6.48. The molecule has 1 atom stereocenters. The van der Waals surface area contributed by atoms with Crippen LogP contribution in [0.4, 0.5) is 5.69 Å². The Bertz CT molecular complexity index is 630. The minimum absolute atomic E-state index is 0.0541. The average Bonchev–Trinajstić information content (AvgIpc) is 2.99. The minimum atomic E-state index is -0.676. The van der Waals surface area contributed by atoms with Crippen molar-refractivity contribution >= 4 is 11.6 Å². The first-order valence-corrected chi connectivity index (χ1v) is 8.53. The number of methoxy groups -OCH3 is 2. The van der Waals surface area contributed by atoms with Crippen LogP contribution in [-0.4, -0.2) is 69.2 Å². The number of amides is 1. The van der Waals surface area contributed by atoms with Crippen LogP contribution in [0.1, 0.15) is 12.8 Å². The van der Waals surface area contributed by atoms with Crippen molar-refractivity contribution in [3.05, 3.63) is 18.2 Å². The van der Waals surface area contributed by atoms with E-state index in [2.05, 4.69) is 4.90 Å². The summed E-state index contributed by atoms with van der Waals surface area (Å²) in [5, 5.41) is 7.00. The van der Waals surface area contributed by atoms with Crippen molar-refractivity contribution in [2.24, 2.45) is 5.92 Å². The topological polar surface area (TPSA) is 71.5 Å². The molecule has 1 aromatic rings. The summed E-state index contributed by atoms with van der Waals surface area (Å²) in [7, 11) is 4.22. The van der Waals surface area contributed by atoms with Crippen molar-refractivity contribution in [1.82, 2.24) is 4.90 Å². The van der Waals surface area contributed by atoms with Gasteiger partial charge in [-0.3, -0.25) is 14.6 Å². The normalized spacial score (nSPS) is 30.2. The fourth-order valence-electron chi connectivity index (χ4n) is 4.14. The van der Waals surface area contributed by atoms with Crippen LogP contribution in [0.15, 0.2) is 18.2 Å². The lowest BCUT2D eigenvalue weighted by Gasteiger charge is -2.49. The number of anilines is 1. The Morgan fingerprint density at radius 2 is 1.92 bits per heavy atom. The largest absolute Gasteiger partial charge is 0.497 e. The van der Waals surface area contributed by atoms with Gasteiger partial charge in [-0.05, 0) is 38.1 Å². The van der Waals surface area contributed by atoms with E-state index in [1.807, 2.05) is 18.2 Å². The number of aliphatic hydroxyl groups is 1. The Morgan fingerprint density at radius 3 is 2.48 bits per heavy atom. The van der Waals surface area contributed by atoms with Crippen LogP contribution < -0.4 is 14.4 Å². The predicted molar refractivity (Wildman–Crippen MR) is 93.0 cm³/mol. The van der Waals surface area contributed by atoms with E-state index in [9.17, 15) is 4.79 Å². The predicted octanol–water partition coefficient (Wildman–Crippen LogP) is 1.10. The number of ether oxygens (including phenoxy) is 3. The fraction of sp³-hybridized carbons (Fsp3) is 0.611. The molecule has 5 rings (SSSR count). The van der Waals surface area contributed by atoms with Gasteiger partial charge in [-0.15, -0.1) is 0 Å². The first-order chi connectivity index (χ1) is 12.2. The number of hydrogen-bond donors (Lipinski definition) is 1. The summed E-state index contributed by atoms with van der Waals surface area (Å²) in [6.07, 6.45) is 2.07. The third kappa shape index (κ3) is 2.86. The van der Waals surface area contributed by atoms with Gasteiger partial charge in [-0.25, -0.2) is 0 Å². The third-order valence-electron chi connectivity index (χ3n) is 5.44. The zero-order valence-corrected chi connectivity index (χ0v) is 15.0. The second-order valence-electron chi connectivity index (χ2n) is 6.48. The smallest absolute Gasteiger partial charge is 0.262 e. The van der Waals surface area contributed by atoms with Crippen molar-refractivity contribution in [3.63, 3.8) is 0 Å². The number of fused-ring (bicyclic) bond motifs is 2. The first-order valence-electron chi connectivity index (χ1n) is 8.53. The molecular formula is C18H26N2O5. The van der Waals surface area contributed by atoms with Gasteiger partial charge in [0.1, 0.15) is 18.2 Å². The Kier molecular flexibility index (Phi) is 5.17. The summed E-state index contributed by atoms with van der Waals surface area (Å²) in [6.45, 7) is 3.13. The molecule has 4 fully saturated rings. The molecule has 0 radical (unpaired) electrons. The summed E-state index contributed by atoms with van der Waals surface area (Å²) >= 11 is 0. The summed E-state index contributed by atoms with van der Waals surface area (Å²) < 4.78 is 16.8. The highest BCUT2D eigenvalue weighted by Crippen LogP contribution is 2.45. The molecule has 0 aromatic heterocycles. The first kappa shape index (κ1) is 18.0. The Hall–Kier alpha value is -1.83.